The molecule has 0 amide bonds. The van der Waals surface area contributed by atoms with Gasteiger partial charge >= 0.3 is 0 Å². The van der Waals surface area contributed by atoms with E-state index in [0.29, 0.717) is 0 Å². The maximum atomic E-state index is 7.36. The number of allylic oxidation sites excluding steroid dienone is 3. The predicted molar refractivity (Wildman–Crippen MR) is 93.1 cm³/mol. The molecule has 1 aliphatic carbocycles. The minimum absolute atomic E-state index is 0. The second-order valence-corrected chi connectivity index (χ2v) is 5.00. The summed E-state index contributed by atoms with van der Waals surface area (Å²) >= 11 is 0. The Kier molecular flexibility index (Phi) is 13.7. The van der Waals surface area contributed by atoms with Crippen LogP contribution in [-0.4, -0.2) is 24.4 Å². The van der Waals surface area contributed by atoms with Crippen LogP contribution in [0.15, 0.2) is 22.9 Å². The standard InChI is InChI=1S/C15H23N2.CH3N.H2S.U/c1-3-6-14-11-13-7-4-5-8-15(13)12(2)17(14)10-9-16;1-2;;/h9,11,16H,3-8,10H2,1-2H3;2H,1H2;1H2;/q-1;;;. The zero-order valence-corrected chi connectivity index (χ0v) is 18.4. The summed E-state index contributed by atoms with van der Waals surface area (Å²) < 4.78 is 0. The second kappa shape index (κ2) is 12.4. The van der Waals surface area contributed by atoms with Crippen molar-refractivity contribution in [2.24, 2.45) is 0 Å². The van der Waals surface area contributed by atoms with Gasteiger partial charge in [-0.15, -0.1) is 12.1 Å². The van der Waals surface area contributed by atoms with Crippen LogP contribution in [0.2, 0.25) is 0 Å². The molecule has 2 aliphatic rings. The minimum Gasteiger partial charge on any atom is -0.424 e. The third-order valence-corrected chi connectivity index (χ3v) is 3.82. The fourth-order valence-electron chi connectivity index (χ4n) is 2.97. The van der Waals surface area contributed by atoms with Crippen LogP contribution in [0, 0.1) is 48.0 Å². The Morgan fingerprint density at radius 3 is 2.52 bits per heavy atom. The van der Waals surface area contributed by atoms with E-state index in [4.69, 9.17) is 10.8 Å². The van der Waals surface area contributed by atoms with Crippen LogP contribution in [-0.2, 0) is 0 Å². The van der Waals surface area contributed by atoms with Gasteiger partial charge in [0.25, 0.3) is 0 Å². The van der Waals surface area contributed by atoms with Crippen molar-refractivity contribution >= 4 is 26.4 Å². The van der Waals surface area contributed by atoms with Crippen molar-refractivity contribution < 1.29 is 31.1 Å². The van der Waals surface area contributed by atoms with Crippen molar-refractivity contribution in [2.75, 3.05) is 6.54 Å². The molecule has 0 aromatic heterocycles. The first kappa shape index (κ1) is 23.2. The number of hydrogen-bond acceptors (Lipinski definition) is 3. The molecule has 1 aliphatic heterocycles. The topological polar surface area (TPSA) is 50.9 Å². The molecule has 2 rings (SSSR count). The fourth-order valence-corrected chi connectivity index (χ4v) is 2.97. The second-order valence-electron chi connectivity index (χ2n) is 5.00. The molecule has 0 aromatic rings. The van der Waals surface area contributed by atoms with Gasteiger partial charge in [-0.05, 0) is 18.8 Å². The summed E-state index contributed by atoms with van der Waals surface area (Å²) in [6.45, 7) is 7.69. The summed E-state index contributed by atoms with van der Waals surface area (Å²) in [7, 11) is 0. The van der Waals surface area contributed by atoms with Crippen LogP contribution in [0.1, 0.15) is 52.4 Å². The van der Waals surface area contributed by atoms with Crippen molar-refractivity contribution in [1.29, 1.82) is 10.8 Å². The molecular weight excluding hydrogens is 504 g/mol. The van der Waals surface area contributed by atoms with Gasteiger partial charge in [-0.2, -0.15) is 24.6 Å². The molecule has 0 bridgehead atoms. The first-order valence-electron chi connectivity index (χ1n) is 7.16. The average Bonchev–Trinajstić information content (AvgIpc) is 2.46. The summed E-state index contributed by atoms with van der Waals surface area (Å²) in [6.07, 6.45) is 11.4. The smallest absolute Gasteiger partial charge is 0.0400 e. The van der Waals surface area contributed by atoms with Crippen LogP contribution >= 0.6 is 13.5 Å². The molecule has 0 aromatic carbocycles. The molecule has 2 N–H and O–H groups in total. The van der Waals surface area contributed by atoms with Crippen molar-refractivity contribution in [2.45, 2.75) is 52.4 Å². The normalized spacial score (nSPS) is 16.6. The van der Waals surface area contributed by atoms with Crippen LogP contribution in [0.5, 0.6) is 0 Å². The van der Waals surface area contributed by atoms with Gasteiger partial charge in [0.2, 0.25) is 0 Å². The van der Waals surface area contributed by atoms with E-state index in [1.807, 2.05) is 0 Å². The van der Waals surface area contributed by atoms with Crippen molar-refractivity contribution in [3.63, 3.8) is 0 Å². The molecule has 5 heteroatoms. The van der Waals surface area contributed by atoms with Crippen LogP contribution < -0.4 is 0 Å². The van der Waals surface area contributed by atoms with Gasteiger partial charge < -0.3 is 15.7 Å². The predicted octanol–water partition coefficient (Wildman–Crippen LogP) is 4.44. The SMILES string of the molecule is C=N.CCCC1=CC2=C(CCCC2)[C-](C)N1CC=N.S.[U]. The number of rotatable bonds is 4. The van der Waals surface area contributed by atoms with Crippen LogP contribution in [0.3, 0.4) is 0 Å². The van der Waals surface area contributed by atoms with E-state index >= 15 is 0 Å². The molecule has 0 atom stereocenters. The van der Waals surface area contributed by atoms with Crippen molar-refractivity contribution in [3.05, 3.63) is 29.0 Å². The molecule has 0 spiro atoms. The molecule has 0 unspecified atom stereocenters. The Balaban J connectivity index is 0. The van der Waals surface area contributed by atoms with Gasteiger partial charge in [-0.1, -0.05) is 46.0 Å². The maximum absolute atomic E-state index is 7.36. The number of nitrogens with zero attached hydrogens (tertiary/aromatic N) is 1. The monoisotopic (exact) mass is 532 g/mol. The average molecular weight is 533 g/mol. The van der Waals surface area contributed by atoms with E-state index in [1.54, 1.807) is 11.1 Å². The Morgan fingerprint density at radius 1 is 1.33 bits per heavy atom. The molecule has 21 heavy (non-hydrogen) atoms. The Bertz CT molecular complexity index is 380. The van der Waals surface area contributed by atoms with E-state index < -0.39 is 0 Å². The Morgan fingerprint density at radius 2 is 1.95 bits per heavy atom. The van der Waals surface area contributed by atoms with E-state index in [1.165, 1.54) is 50.1 Å². The van der Waals surface area contributed by atoms with Crippen molar-refractivity contribution in [3.8, 4) is 0 Å². The van der Waals surface area contributed by atoms with E-state index in [9.17, 15) is 0 Å². The third-order valence-electron chi connectivity index (χ3n) is 3.82. The molecule has 0 saturated heterocycles. The minimum atomic E-state index is 0. The van der Waals surface area contributed by atoms with Gasteiger partial charge in [0.05, 0.1) is 0 Å². The summed E-state index contributed by atoms with van der Waals surface area (Å²) in [5, 5.41) is 12.9. The van der Waals surface area contributed by atoms with Gasteiger partial charge in [-0.25, -0.2) is 0 Å². The maximum Gasteiger partial charge on any atom is 0.0400 e. The first-order chi connectivity index (χ1) is 9.27. The van der Waals surface area contributed by atoms with Crippen LogP contribution in [0.25, 0.3) is 0 Å². The summed E-state index contributed by atoms with van der Waals surface area (Å²) in [4.78, 5) is 2.33. The molecule has 1 heterocycles. The van der Waals surface area contributed by atoms with Crippen LogP contribution in [0.4, 0.5) is 0 Å². The van der Waals surface area contributed by atoms with E-state index in [0.717, 1.165) is 13.0 Å². The van der Waals surface area contributed by atoms with Gasteiger partial charge in [0.15, 0.2) is 0 Å². The molecular formula is C16H28N3SU-. The zero-order valence-electron chi connectivity index (χ0n) is 13.3. The Hall–Kier alpha value is -0.108. The van der Waals surface area contributed by atoms with Gasteiger partial charge in [-0.3, -0.25) is 0 Å². The van der Waals surface area contributed by atoms with E-state index in [-0.39, 0.29) is 44.6 Å². The summed E-state index contributed by atoms with van der Waals surface area (Å²) in [5.41, 5.74) is 4.53. The molecule has 118 valence electrons. The Labute approximate surface area is 160 Å². The van der Waals surface area contributed by atoms with Gasteiger partial charge in [0, 0.05) is 43.9 Å². The van der Waals surface area contributed by atoms with Gasteiger partial charge in [0.1, 0.15) is 0 Å². The zero-order chi connectivity index (χ0) is 14.3. The fraction of sp³-hybridized carbons (Fsp3) is 0.562. The molecule has 0 fully saturated rings. The largest absolute Gasteiger partial charge is 0.424 e. The number of nitrogens with one attached hydrogen (secondary N) is 2. The van der Waals surface area contributed by atoms with E-state index in [2.05, 4.69) is 31.5 Å². The quantitative estimate of drug-likeness (QED) is 0.409. The number of hydrogen-bond donors (Lipinski definition) is 2. The third kappa shape index (κ3) is 5.89. The first-order valence-corrected chi connectivity index (χ1v) is 7.16. The summed E-state index contributed by atoms with van der Waals surface area (Å²) in [5.74, 6) is 0. The molecule has 3 nitrogen and oxygen atoms in total. The van der Waals surface area contributed by atoms with Crippen molar-refractivity contribution in [1.82, 2.24) is 4.90 Å². The molecule has 0 radical (unpaired) electrons. The molecule has 0 saturated carbocycles. The summed E-state index contributed by atoms with van der Waals surface area (Å²) in [6, 6.07) is 1.40.